The Balaban J connectivity index is 1.33. The Morgan fingerprint density at radius 2 is 1.57 bits per heavy atom. The number of fused-ring (bicyclic) bond motifs is 3. The summed E-state index contributed by atoms with van der Waals surface area (Å²) >= 11 is 0. The number of aliphatic hydroxyl groups is 2. The molecule has 8 heteroatoms. The smallest absolute Gasteiger partial charge is 0.407 e. The molecule has 0 saturated heterocycles. The van der Waals surface area contributed by atoms with Crippen molar-refractivity contribution >= 4 is 6.09 Å². The summed E-state index contributed by atoms with van der Waals surface area (Å²) in [4.78, 5) is 19.6. The number of carbonyl (C=O) groups excluding carboxylic acids is 1. The Morgan fingerprint density at radius 3 is 2.17 bits per heavy atom. The first-order chi connectivity index (χ1) is 14.5. The predicted molar refractivity (Wildman–Crippen MR) is 108 cm³/mol. The predicted octanol–water partition coefficient (Wildman–Crippen LogP) is 2.12. The van der Waals surface area contributed by atoms with Crippen LogP contribution >= 0.6 is 0 Å². The molecule has 0 radical (unpaired) electrons. The number of amides is 1. The Labute approximate surface area is 172 Å². The van der Waals surface area contributed by atoms with Gasteiger partial charge in [0.1, 0.15) is 18.8 Å². The van der Waals surface area contributed by atoms with E-state index in [4.69, 9.17) is 4.74 Å². The molecule has 154 valence electrons. The molecule has 0 spiro atoms. The van der Waals surface area contributed by atoms with E-state index in [0.29, 0.717) is 0 Å². The molecule has 4 N–H and O–H groups in total. The highest BCUT2D eigenvalue weighted by Crippen LogP contribution is 2.44. The molecule has 2 atom stereocenters. The van der Waals surface area contributed by atoms with Crippen molar-refractivity contribution in [3.05, 3.63) is 77.9 Å². The SMILES string of the molecule is O=C(NCC(O)C(O)c1ncc(O)cn1)OCC1c2ccccc2-c2ccccc21. The van der Waals surface area contributed by atoms with Gasteiger partial charge in [-0.2, -0.15) is 0 Å². The van der Waals surface area contributed by atoms with Crippen LogP contribution in [0.15, 0.2) is 60.9 Å². The lowest BCUT2D eigenvalue weighted by molar-refractivity contribution is 0.0133. The molecule has 0 bridgehead atoms. The van der Waals surface area contributed by atoms with Crippen molar-refractivity contribution in [1.82, 2.24) is 15.3 Å². The summed E-state index contributed by atoms with van der Waals surface area (Å²) in [5.74, 6) is -0.282. The fraction of sp³-hybridized carbons (Fsp3) is 0.227. The first-order valence-corrected chi connectivity index (χ1v) is 9.50. The van der Waals surface area contributed by atoms with E-state index < -0.39 is 18.3 Å². The van der Waals surface area contributed by atoms with E-state index in [1.54, 1.807) is 0 Å². The molecule has 8 nitrogen and oxygen atoms in total. The van der Waals surface area contributed by atoms with Crippen LogP contribution in [0.2, 0.25) is 0 Å². The molecular formula is C22H21N3O5. The van der Waals surface area contributed by atoms with Gasteiger partial charge in [-0.3, -0.25) is 0 Å². The number of aliphatic hydroxyl groups excluding tert-OH is 2. The van der Waals surface area contributed by atoms with Crippen molar-refractivity contribution in [2.75, 3.05) is 13.2 Å². The van der Waals surface area contributed by atoms with Crippen LogP contribution in [0.3, 0.4) is 0 Å². The highest BCUT2D eigenvalue weighted by molar-refractivity contribution is 5.79. The molecule has 0 aliphatic heterocycles. The van der Waals surface area contributed by atoms with Crippen molar-refractivity contribution in [3.8, 4) is 16.9 Å². The van der Waals surface area contributed by atoms with Crippen LogP contribution in [0.5, 0.6) is 5.75 Å². The van der Waals surface area contributed by atoms with Gasteiger partial charge in [-0.25, -0.2) is 14.8 Å². The summed E-state index contributed by atoms with van der Waals surface area (Å²) in [6, 6.07) is 16.0. The highest BCUT2D eigenvalue weighted by atomic mass is 16.5. The second-order valence-corrected chi connectivity index (χ2v) is 7.02. The van der Waals surface area contributed by atoms with Gasteiger partial charge >= 0.3 is 6.09 Å². The molecular weight excluding hydrogens is 386 g/mol. The first-order valence-electron chi connectivity index (χ1n) is 9.50. The summed E-state index contributed by atoms with van der Waals surface area (Å²) in [5.41, 5.74) is 4.47. The monoisotopic (exact) mass is 407 g/mol. The molecule has 1 heterocycles. The quantitative estimate of drug-likeness (QED) is 0.493. The largest absolute Gasteiger partial charge is 0.505 e. The molecule has 2 unspecified atom stereocenters. The maximum absolute atomic E-state index is 12.1. The van der Waals surface area contributed by atoms with Crippen LogP contribution < -0.4 is 5.32 Å². The van der Waals surface area contributed by atoms with E-state index in [0.717, 1.165) is 34.6 Å². The molecule has 4 rings (SSSR count). The minimum absolute atomic E-state index is 0.0605. The Kier molecular flexibility index (Phi) is 5.60. The van der Waals surface area contributed by atoms with E-state index in [1.807, 2.05) is 36.4 Å². The molecule has 1 amide bonds. The van der Waals surface area contributed by atoms with Crippen molar-refractivity contribution < 1.29 is 24.9 Å². The molecule has 3 aromatic rings. The number of aromatic hydroxyl groups is 1. The number of benzene rings is 2. The third-order valence-corrected chi connectivity index (χ3v) is 5.09. The number of hydrogen-bond donors (Lipinski definition) is 4. The number of nitrogens with zero attached hydrogens (tertiary/aromatic N) is 2. The highest BCUT2D eigenvalue weighted by Gasteiger charge is 2.29. The van der Waals surface area contributed by atoms with Crippen LogP contribution in [0.25, 0.3) is 11.1 Å². The molecule has 0 saturated carbocycles. The number of hydrogen-bond acceptors (Lipinski definition) is 7. The van der Waals surface area contributed by atoms with Gasteiger partial charge in [-0.05, 0) is 22.3 Å². The third-order valence-electron chi connectivity index (χ3n) is 5.09. The van der Waals surface area contributed by atoms with E-state index in [9.17, 15) is 20.1 Å². The van der Waals surface area contributed by atoms with Gasteiger partial charge < -0.3 is 25.4 Å². The number of nitrogens with one attached hydrogen (secondary N) is 1. The van der Waals surface area contributed by atoms with Crippen LogP contribution in [-0.4, -0.2) is 50.6 Å². The van der Waals surface area contributed by atoms with E-state index in [2.05, 4.69) is 27.4 Å². The molecule has 1 aliphatic carbocycles. The van der Waals surface area contributed by atoms with Crippen molar-refractivity contribution in [2.24, 2.45) is 0 Å². The Hall–Kier alpha value is -3.49. The van der Waals surface area contributed by atoms with Crippen molar-refractivity contribution in [2.45, 2.75) is 18.1 Å². The summed E-state index contributed by atoms with van der Waals surface area (Å²) in [6.45, 7) is -0.0956. The van der Waals surface area contributed by atoms with Gasteiger partial charge in [-0.15, -0.1) is 0 Å². The van der Waals surface area contributed by atoms with Gasteiger partial charge in [0.05, 0.1) is 12.4 Å². The summed E-state index contributed by atoms with van der Waals surface area (Å²) in [7, 11) is 0. The minimum atomic E-state index is -1.42. The van der Waals surface area contributed by atoms with E-state index in [1.165, 1.54) is 0 Å². The van der Waals surface area contributed by atoms with Crippen molar-refractivity contribution in [3.63, 3.8) is 0 Å². The molecule has 1 aliphatic rings. The van der Waals surface area contributed by atoms with Gasteiger partial charge in [0.15, 0.2) is 11.6 Å². The Morgan fingerprint density at radius 1 is 1.00 bits per heavy atom. The lowest BCUT2D eigenvalue weighted by Gasteiger charge is -2.18. The number of rotatable bonds is 6. The fourth-order valence-corrected chi connectivity index (χ4v) is 3.60. The average molecular weight is 407 g/mol. The zero-order valence-electron chi connectivity index (χ0n) is 16.0. The third kappa shape index (κ3) is 3.96. The topological polar surface area (TPSA) is 125 Å². The van der Waals surface area contributed by atoms with Crippen LogP contribution in [0.1, 0.15) is 29.0 Å². The summed E-state index contributed by atoms with van der Waals surface area (Å²) in [6.07, 6.45) is -1.24. The summed E-state index contributed by atoms with van der Waals surface area (Å²) in [5, 5.41) is 31.8. The number of aromatic nitrogens is 2. The maximum Gasteiger partial charge on any atom is 0.407 e. The first kappa shape index (κ1) is 19.8. The standard InChI is InChI=1S/C22H21N3O5/c26-13-9-23-21(24-10-13)20(28)19(27)11-25-22(29)30-12-18-16-7-3-1-5-14(16)15-6-2-4-8-17(15)18/h1-10,18-20,26-28H,11-12H2,(H,25,29). The average Bonchev–Trinajstić information content (AvgIpc) is 3.10. The van der Waals surface area contributed by atoms with Crippen LogP contribution in [0.4, 0.5) is 4.79 Å². The van der Waals surface area contributed by atoms with Gasteiger partial charge in [0.2, 0.25) is 0 Å². The van der Waals surface area contributed by atoms with Crippen LogP contribution in [-0.2, 0) is 4.74 Å². The molecule has 1 aromatic heterocycles. The zero-order valence-corrected chi connectivity index (χ0v) is 16.0. The van der Waals surface area contributed by atoms with E-state index in [-0.39, 0.29) is 30.6 Å². The summed E-state index contributed by atoms with van der Waals surface area (Å²) < 4.78 is 5.38. The molecule has 2 aromatic carbocycles. The van der Waals surface area contributed by atoms with Gasteiger partial charge in [0.25, 0.3) is 0 Å². The fourth-order valence-electron chi connectivity index (χ4n) is 3.60. The maximum atomic E-state index is 12.1. The number of carbonyl (C=O) groups is 1. The molecule has 30 heavy (non-hydrogen) atoms. The zero-order chi connectivity index (χ0) is 21.1. The minimum Gasteiger partial charge on any atom is -0.505 e. The normalized spacial score (nSPS) is 14.5. The van der Waals surface area contributed by atoms with Crippen LogP contribution in [0, 0.1) is 0 Å². The van der Waals surface area contributed by atoms with Gasteiger partial charge in [0, 0.05) is 12.5 Å². The van der Waals surface area contributed by atoms with E-state index >= 15 is 0 Å². The lowest BCUT2D eigenvalue weighted by atomic mass is 9.98. The van der Waals surface area contributed by atoms with Gasteiger partial charge in [-0.1, -0.05) is 48.5 Å². The second-order valence-electron chi connectivity index (χ2n) is 7.02. The molecule has 0 fully saturated rings. The lowest BCUT2D eigenvalue weighted by Crippen LogP contribution is -2.36. The number of ether oxygens (including phenoxy) is 1. The Bertz CT molecular complexity index is 995. The number of alkyl carbamates (subject to hydrolysis) is 1. The van der Waals surface area contributed by atoms with Crippen molar-refractivity contribution in [1.29, 1.82) is 0 Å². The second kappa shape index (κ2) is 8.48.